The van der Waals surface area contributed by atoms with E-state index in [9.17, 15) is 0 Å². The lowest BCUT2D eigenvalue weighted by atomic mass is 9.92. The van der Waals surface area contributed by atoms with Crippen LogP contribution in [0.25, 0.3) is 33.4 Å². The van der Waals surface area contributed by atoms with Gasteiger partial charge in [0.1, 0.15) is 0 Å². The molecule has 0 radical (unpaired) electrons. The zero-order valence-electron chi connectivity index (χ0n) is 27.3. The summed E-state index contributed by atoms with van der Waals surface area (Å²) in [5.74, 6) is 0. The van der Waals surface area contributed by atoms with Crippen molar-refractivity contribution in [3.05, 3.63) is 125 Å². The fourth-order valence-electron chi connectivity index (χ4n) is 3.28. The van der Waals surface area contributed by atoms with E-state index < -0.39 is 60.4 Å². The smallest absolute Gasteiger partial charge is 0.0629 e. The average Bonchev–Trinajstić information content (AvgIpc) is 3.01. The van der Waals surface area contributed by atoms with Crippen LogP contribution in [0.5, 0.6) is 0 Å². The number of hydrogen-bond acceptors (Lipinski definition) is 3. The number of halogens is 2. The molecule has 1 N–H and O–H groups in total. The minimum Gasteiger partial charge on any atom is -0.324 e. The van der Waals surface area contributed by atoms with Crippen molar-refractivity contribution < 1.29 is 13.7 Å². The Morgan fingerprint density at radius 3 is 1.94 bits per heavy atom. The molecule has 5 aromatic rings. The Hall–Kier alpha value is -3.24. The van der Waals surface area contributed by atoms with E-state index in [1.165, 1.54) is 6.07 Å². The number of benzene rings is 4. The molecule has 0 unspecified atom stereocenters. The molecule has 0 bridgehead atoms. The fourth-order valence-corrected chi connectivity index (χ4v) is 4.53. The van der Waals surface area contributed by atoms with E-state index in [2.05, 4.69) is 9.71 Å². The Morgan fingerprint density at radius 1 is 0.735 bits per heavy atom. The molecule has 0 spiro atoms. The predicted octanol–water partition coefficient (Wildman–Crippen LogP) is 9.51. The molecule has 34 heavy (non-hydrogen) atoms. The highest BCUT2D eigenvalue weighted by Crippen LogP contribution is 2.43. The SMILES string of the molecule is [2H]c1c([2H])c([2H])c(-c2cc(-c3cccnc3)cc(-c3c([2H])c([2H])c([2H])c([2H])c3[2H])c2NSc2ccc(Cl)cc2Cl)c([2H])c1[2H]. The van der Waals surface area contributed by atoms with Crippen LogP contribution in [0.3, 0.4) is 0 Å². The molecule has 5 heteroatoms. The average molecular weight is 510 g/mol. The highest BCUT2D eigenvalue weighted by Gasteiger charge is 2.16. The van der Waals surface area contributed by atoms with Crippen LogP contribution in [0.4, 0.5) is 5.69 Å². The molecule has 1 heterocycles. The first kappa shape index (κ1) is 13.6. The summed E-state index contributed by atoms with van der Waals surface area (Å²) in [5.41, 5.74) is 1.12. The summed E-state index contributed by atoms with van der Waals surface area (Å²) in [7, 11) is 0. The maximum Gasteiger partial charge on any atom is 0.0629 e. The van der Waals surface area contributed by atoms with Gasteiger partial charge in [-0.2, -0.15) is 0 Å². The van der Waals surface area contributed by atoms with E-state index >= 15 is 0 Å². The van der Waals surface area contributed by atoms with Crippen molar-refractivity contribution in [3.63, 3.8) is 0 Å². The van der Waals surface area contributed by atoms with Gasteiger partial charge in [0.05, 0.1) is 24.4 Å². The van der Waals surface area contributed by atoms with Gasteiger partial charge in [0.15, 0.2) is 0 Å². The molecule has 5 rings (SSSR count). The standard InChI is InChI=1S/C29H20Cl2N2S/c30-24-13-14-28(27(31)18-24)34-33-29-25(20-8-3-1-4-9-20)16-23(22-12-7-15-32-19-22)17-26(29)21-10-5-2-6-11-21/h1-19,33H/i1D,2D,3D,4D,5D,6D,8D,9D,10D,11D. The van der Waals surface area contributed by atoms with Gasteiger partial charge in [-0.25, -0.2) is 0 Å². The minimum absolute atomic E-state index is 0.128. The second kappa shape index (κ2) is 10.4. The van der Waals surface area contributed by atoms with Crippen molar-refractivity contribution in [3.8, 4) is 33.4 Å². The molecular weight excluding hydrogens is 479 g/mol. The maximum absolute atomic E-state index is 8.74. The molecule has 4 aromatic carbocycles. The highest BCUT2D eigenvalue weighted by molar-refractivity contribution is 8.00. The summed E-state index contributed by atoms with van der Waals surface area (Å²) >= 11 is 13.5. The van der Waals surface area contributed by atoms with Crippen molar-refractivity contribution in [1.82, 2.24) is 4.98 Å². The van der Waals surface area contributed by atoms with Crippen LogP contribution >= 0.6 is 35.1 Å². The van der Waals surface area contributed by atoms with Crippen molar-refractivity contribution in [2.75, 3.05) is 4.72 Å². The second-order valence-corrected chi connectivity index (χ2v) is 8.66. The lowest BCUT2D eigenvalue weighted by Gasteiger charge is -2.19. The topological polar surface area (TPSA) is 24.9 Å². The number of hydrogen-bond donors (Lipinski definition) is 1. The molecule has 166 valence electrons. The third kappa shape index (κ3) is 4.97. The maximum atomic E-state index is 8.74. The number of aromatic nitrogens is 1. The van der Waals surface area contributed by atoms with E-state index in [0.717, 1.165) is 11.9 Å². The van der Waals surface area contributed by atoms with Crippen molar-refractivity contribution >= 4 is 40.8 Å². The van der Waals surface area contributed by atoms with Crippen LogP contribution in [-0.4, -0.2) is 4.98 Å². The summed E-state index contributed by atoms with van der Waals surface area (Å²) in [6, 6.07) is 6.14. The number of rotatable bonds is 6. The molecule has 0 fully saturated rings. The van der Waals surface area contributed by atoms with Crippen molar-refractivity contribution in [1.29, 1.82) is 0 Å². The van der Waals surface area contributed by atoms with Gasteiger partial charge in [0.25, 0.3) is 0 Å². The molecule has 1 aromatic heterocycles. The number of nitrogens with one attached hydrogen (secondary N) is 1. The molecule has 0 amide bonds. The molecule has 0 aliphatic heterocycles. The van der Waals surface area contributed by atoms with E-state index in [1.54, 1.807) is 48.8 Å². The van der Waals surface area contributed by atoms with Gasteiger partial charge in [-0.1, -0.05) is 89.7 Å². The van der Waals surface area contributed by atoms with E-state index in [1.807, 2.05) is 0 Å². The van der Waals surface area contributed by atoms with Crippen molar-refractivity contribution in [2.24, 2.45) is 0 Å². The van der Waals surface area contributed by atoms with Crippen LogP contribution < -0.4 is 4.72 Å². The van der Waals surface area contributed by atoms with Crippen LogP contribution in [0.15, 0.2) is 120 Å². The molecule has 0 aliphatic carbocycles. The third-order valence-electron chi connectivity index (χ3n) is 4.83. The zero-order valence-corrected chi connectivity index (χ0v) is 19.6. The highest BCUT2D eigenvalue weighted by atomic mass is 35.5. The van der Waals surface area contributed by atoms with Crippen LogP contribution in [0.2, 0.25) is 10.0 Å². The quantitative estimate of drug-likeness (QED) is 0.231. The van der Waals surface area contributed by atoms with Gasteiger partial charge in [-0.05, 0) is 65.0 Å². The molecule has 0 aliphatic rings. The molecular formula is C29H20Cl2N2S. The Bertz CT molecular complexity index is 1810. The Balaban J connectivity index is 1.93. The van der Waals surface area contributed by atoms with Gasteiger partial charge in [0.2, 0.25) is 0 Å². The van der Waals surface area contributed by atoms with Gasteiger partial charge in [-0.3, -0.25) is 4.98 Å². The predicted molar refractivity (Wildman–Crippen MR) is 146 cm³/mol. The first-order valence-corrected chi connectivity index (χ1v) is 11.5. The fraction of sp³-hybridized carbons (Fsp3) is 0. The lowest BCUT2D eigenvalue weighted by Crippen LogP contribution is -1.97. The number of pyridine rings is 1. The van der Waals surface area contributed by atoms with E-state index in [0.29, 0.717) is 26.1 Å². The summed E-state index contributed by atoms with van der Waals surface area (Å²) < 4.78 is 87.6. The third-order valence-corrected chi connectivity index (χ3v) is 6.37. The van der Waals surface area contributed by atoms with E-state index in [4.69, 9.17) is 36.9 Å². The summed E-state index contributed by atoms with van der Waals surface area (Å²) in [4.78, 5) is 4.69. The largest absolute Gasteiger partial charge is 0.324 e. The number of anilines is 1. The first-order chi connectivity index (χ1) is 20.8. The summed E-state index contributed by atoms with van der Waals surface area (Å²) in [6.07, 6.45) is 3.13. The molecule has 0 atom stereocenters. The van der Waals surface area contributed by atoms with Gasteiger partial charge >= 0.3 is 0 Å². The Labute approximate surface area is 227 Å². The molecule has 2 nitrogen and oxygen atoms in total. The Kier molecular flexibility index (Phi) is 4.14. The van der Waals surface area contributed by atoms with Gasteiger partial charge in [0, 0.05) is 39.0 Å². The lowest BCUT2D eigenvalue weighted by molar-refractivity contribution is 1.33. The van der Waals surface area contributed by atoms with Gasteiger partial charge < -0.3 is 4.72 Å². The Morgan fingerprint density at radius 2 is 1.38 bits per heavy atom. The monoisotopic (exact) mass is 508 g/mol. The summed E-state index contributed by atoms with van der Waals surface area (Å²) in [6.45, 7) is 0. The van der Waals surface area contributed by atoms with Crippen molar-refractivity contribution in [2.45, 2.75) is 4.90 Å². The zero-order chi connectivity index (χ0) is 32.0. The van der Waals surface area contributed by atoms with Crippen LogP contribution in [-0.2, 0) is 0 Å². The number of nitrogens with zero attached hydrogens (tertiary/aromatic N) is 1. The minimum atomic E-state index is -0.574. The molecule has 0 saturated carbocycles. The summed E-state index contributed by atoms with van der Waals surface area (Å²) in [5, 5.41) is 0.704. The van der Waals surface area contributed by atoms with Crippen LogP contribution in [0, 0.1) is 0 Å². The van der Waals surface area contributed by atoms with Crippen LogP contribution in [0.1, 0.15) is 13.7 Å². The second-order valence-electron chi connectivity index (χ2n) is 6.97. The first-order valence-electron chi connectivity index (χ1n) is 14.9. The van der Waals surface area contributed by atoms with Gasteiger partial charge in [-0.15, -0.1) is 0 Å². The normalized spacial score (nSPS) is 14.9. The molecule has 0 saturated heterocycles. The van der Waals surface area contributed by atoms with E-state index in [-0.39, 0.29) is 27.9 Å².